The van der Waals surface area contributed by atoms with Crippen LogP contribution in [0.15, 0.2) is 54.6 Å². The van der Waals surface area contributed by atoms with E-state index < -0.39 is 5.41 Å². The Balaban J connectivity index is 1.64. The second-order valence-corrected chi connectivity index (χ2v) is 7.38. The molecule has 1 aliphatic carbocycles. The van der Waals surface area contributed by atoms with Crippen LogP contribution in [0.5, 0.6) is 0 Å². The Kier molecular flexibility index (Phi) is 4.00. The van der Waals surface area contributed by atoms with Crippen molar-refractivity contribution >= 4 is 11.6 Å². The van der Waals surface area contributed by atoms with Crippen LogP contribution in [0.25, 0.3) is 0 Å². The molecule has 5 N–H and O–H groups in total. The number of nitrogens with one attached hydrogen (secondary N) is 1. The second kappa shape index (κ2) is 6.19. The molecular formula is C21H25N3O. The molecule has 2 aliphatic rings. The van der Waals surface area contributed by atoms with Crippen LogP contribution in [0.1, 0.15) is 36.4 Å². The third kappa shape index (κ3) is 2.52. The maximum atomic E-state index is 12.6. The molecule has 1 amide bonds. The van der Waals surface area contributed by atoms with Crippen molar-refractivity contribution in [3.63, 3.8) is 0 Å². The quantitative estimate of drug-likeness (QED) is 0.803. The lowest BCUT2D eigenvalue weighted by Gasteiger charge is -2.55. The van der Waals surface area contributed by atoms with Crippen LogP contribution >= 0.6 is 0 Å². The van der Waals surface area contributed by atoms with Crippen molar-refractivity contribution in [1.29, 1.82) is 0 Å². The van der Waals surface area contributed by atoms with Crippen LogP contribution in [0, 0.1) is 11.3 Å². The van der Waals surface area contributed by atoms with Gasteiger partial charge in [-0.3, -0.25) is 4.79 Å². The van der Waals surface area contributed by atoms with Gasteiger partial charge in [0.15, 0.2) is 0 Å². The van der Waals surface area contributed by atoms with E-state index in [4.69, 9.17) is 11.5 Å². The molecule has 4 heteroatoms. The average Bonchev–Trinajstić information content (AvgIpc) is 2.61. The molecule has 25 heavy (non-hydrogen) atoms. The number of carbonyl (C=O) groups excluding carboxylic acids is 1. The molecule has 1 fully saturated rings. The van der Waals surface area contributed by atoms with Crippen LogP contribution in [-0.4, -0.2) is 11.9 Å². The molecule has 4 atom stereocenters. The molecule has 0 spiro atoms. The topological polar surface area (TPSA) is 81.1 Å². The predicted molar refractivity (Wildman–Crippen MR) is 99.9 cm³/mol. The Hall–Kier alpha value is -2.33. The highest BCUT2D eigenvalue weighted by molar-refractivity contribution is 5.84. The van der Waals surface area contributed by atoms with Gasteiger partial charge in [0.25, 0.3) is 0 Å². The van der Waals surface area contributed by atoms with Crippen molar-refractivity contribution in [2.75, 3.05) is 5.32 Å². The van der Waals surface area contributed by atoms with Crippen LogP contribution in [0.4, 0.5) is 5.69 Å². The van der Waals surface area contributed by atoms with Gasteiger partial charge in [0, 0.05) is 17.8 Å². The zero-order valence-electron chi connectivity index (χ0n) is 14.3. The van der Waals surface area contributed by atoms with Gasteiger partial charge in [-0.1, -0.05) is 48.5 Å². The van der Waals surface area contributed by atoms with E-state index in [0.717, 1.165) is 36.9 Å². The Morgan fingerprint density at radius 2 is 1.80 bits per heavy atom. The lowest BCUT2D eigenvalue weighted by Crippen LogP contribution is -2.62. The van der Waals surface area contributed by atoms with Crippen molar-refractivity contribution in [2.45, 2.75) is 37.8 Å². The number of rotatable bonds is 4. The molecule has 1 saturated carbocycles. The number of primary amides is 1. The molecular weight excluding hydrogens is 310 g/mol. The van der Waals surface area contributed by atoms with E-state index in [1.165, 1.54) is 5.56 Å². The molecule has 1 heterocycles. The van der Waals surface area contributed by atoms with Crippen LogP contribution < -0.4 is 16.8 Å². The number of amides is 1. The molecule has 0 aromatic heterocycles. The summed E-state index contributed by atoms with van der Waals surface area (Å²) in [5, 5.41) is 3.60. The minimum Gasteiger partial charge on any atom is -0.381 e. The smallest absolute Gasteiger partial charge is 0.226 e. The van der Waals surface area contributed by atoms with Crippen LogP contribution in [0.2, 0.25) is 0 Å². The van der Waals surface area contributed by atoms with E-state index in [-0.39, 0.29) is 23.9 Å². The van der Waals surface area contributed by atoms with Gasteiger partial charge in [-0.05, 0) is 48.8 Å². The second-order valence-electron chi connectivity index (χ2n) is 7.38. The number of carbonyl (C=O) groups is 1. The average molecular weight is 335 g/mol. The monoisotopic (exact) mass is 335 g/mol. The summed E-state index contributed by atoms with van der Waals surface area (Å²) >= 11 is 0. The Labute approximate surface area is 148 Å². The van der Waals surface area contributed by atoms with Crippen molar-refractivity contribution in [2.24, 2.45) is 22.8 Å². The summed E-state index contributed by atoms with van der Waals surface area (Å²) in [4.78, 5) is 12.6. The van der Waals surface area contributed by atoms with E-state index in [1.807, 2.05) is 36.4 Å². The van der Waals surface area contributed by atoms with Crippen molar-refractivity contribution in [3.8, 4) is 0 Å². The fourth-order valence-corrected chi connectivity index (χ4v) is 4.77. The van der Waals surface area contributed by atoms with Gasteiger partial charge in [0.2, 0.25) is 5.91 Å². The van der Waals surface area contributed by atoms with Gasteiger partial charge in [-0.15, -0.1) is 0 Å². The number of aryl methyl sites for hydroxylation is 1. The predicted octanol–water partition coefficient (Wildman–Crippen LogP) is 3.00. The number of para-hydroxylation sites is 1. The van der Waals surface area contributed by atoms with Gasteiger partial charge in [0.1, 0.15) is 0 Å². The van der Waals surface area contributed by atoms with Crippen LogP contribution in [-0.2, 0) is 11.2 Å². The first-order chi connectivity index (χ1) is 12.1. The number of nitrogens with two attached hydrogens (primary N) is 2. The standard InChI is InChI=1S/C21H25N3O/c22-19(15-7-2-1-3-8-15)16-12-13-21(16,20(23)25)18-11-10-14-6-4-5-9-17(14)24-18/h1-9,16,18-19,24H,10-13,22H2,(H2,23,25). The molecule has 0 radical (unpaired) electrons. The first-order valence-corrected chi connectivity index (χ1v) is 9.08. The van der Waals surface area contributed by atoms with Crippen molar-refractivity contribution < 1.29 is 4.79 Å². The molecule has 0 saturated heterocycles. The minimum absolute atomic E-state index is 0.0495. The number of fused-ring (bicyclic) bond motifs is 1. The third-order valence-electron chi connectivity index (χ3n) is 6.28. The SMILES string of the molecule is NC(=O)C1(C2CCc3ccccc3N2)CCC1C(N)c1ccccc1. The fourth-order valence-electron chi connectivity index (χ4n) is 4.77. The summed E-state index contributed by atoms with van der Waals surface area (Å²) in [6.45, 7) is 0. The summed E-state index contributed by atoms with van der Waals surface area (Å²) in [5.74, 6) is -0.137. The summed E-state index contributed by atoms with van der Waals surface area (Å²) in [6.07, 6.45) is 3.64. The molecule has 1 aliphatic heterocycles. The van der Waals surface area contributed by atoms with E-state index in [2.05, 4.69) is 23.5 Å². The normalized spacial score (nSPS) is 29.0. The van der Waals surface area contributed by atoms with E-state index in [0.29, 0.717) is 0 Å². The van der Waals surface area contributed by atoms with Gasteiger partial charge in [-0.25, -0.2) is 0 Å². The summed E-state index contributed by atoms with van der Waals surface area (Å²) < 4.78 is 0. The zero-order chi connectivity index (χ0) is 17.4. The highest BCUT2D eigenvalue weighted by atomic mass is 16.1. The molecule has 130 valence electrons. The first kappa shape index (κ1) is 16.2. The summed E-state index contributed by atoms with van der Waals surface area (Å²) in [5.41, 5.74) is 15.5. The number of anilines is 1. The Bertz CT molecular complexity index is 772. The van der Waals surface area contributed by atoms with Crippen molar-refractivity contribution in [3.05, 3.63) is 65.7 Å². The number of hydrogen-bond acceptors (Lipinski definition) is 3. The summed E-state index contributed by atoms with van der Waals surface area (Å²) in [7, 11) is 0. The van der Waals surface area contributed by atoms with Gasteiger partial charge < -0.3 is 16.8 Å². The zero-order valence-corrected chi connectivity index (χ0v) is 14.3. The lowest BCUT2D eigenvalue weighted by atomic mass is 9.52. The van der Waals surface area contributed by atoms with Crippen LogP contribution in [0.3, 0.4) is 0 Å². The molecule has 2 aromatic rings. The highest BCUT2D eigenvalue weighted by Crippen LogP contribution is 2.56. The Morgan fingerprint density at radius 1 is 1.08 bits per heavy atom. The third-order valence-corrected chi connectivity index (χ3v) is 6.28. The maximum Gasteiger partial charge on any atom is 0.226 e. The molecule has 4 unspecified atom stereocenters. The fraction of sp³-hybridized carbons (Fsp3) is 0.381. The summed E-state index contributed by atoms with van der Waals surface area (Å²) in [6, 6.07) is 18.2. The first-order valence-electron chi connectivity index (χ1n) is 9.08. The maximum absolute atomic E-state index is 12.6. The van der Waals surface area contributed by atoms with E-state index in [9.17, 15) is 4.79 Å². The lowest BCUT2D eigenvalue weighted by molar-refractivity contribution is -0.142. The number of benzene rings is 2. The van der Waals surface area contributed by atoms with Gasteiger partial charge in [0.05, 0.1) is 5.41 Å². The van der Waals surface area contributed by atoms with Gasteiger partial charge >= 0.3 is 0 Å². The van der Waals surface area contributed by atoms with Crippen molar-refractivity contribution in [1.82, 2.24) is 0 Å². The molecule has 4 nitrogen and oxygen atoms in total. The van der Waals surface area contributed by atoms with E-state index in [1.54, 1.807) is 0 Å². The Morgan fingerprint density at radius 3 is 2.48 bits per heavy atom. The largest absolute Gasteiger partial charge is 0.381 e. The highest BCUT2D eigenvalue weighted by Gasteiger charge is 2.58. The molecule has 0 bridgehead atoms. The van der Waals surface area contributed by atoms with Gasteiger partial charge in [-0.2, -0.15) is 0 Å². The minimum atomic E-state index is -0.567. The van der Waals surface area contributed by atoms with E-state index >= 15 is 0 Å². The molecule has 2 aromatic carbocycles. The number of hydrogen-bond donors (Lipinski definition) is 3. The molecule has 4 rings (SSSR count).